The van der Waals surface area contributed by atoms with Crippen LogP contribution in [0.1, 0.15) is 25.5 Å². The Morgan fingerprint density at radius 2 is 2.11 bits per heavy atom. The fourth-order valence-electron chi connectivity index (χ4n) is 4.45. The first kappa shape index (κ1) is 17.7. The van der Waals surface area contributed by atoms with Gasteiger partial charge in [-0.1, -0.05) is 24.3 Å². The Labute approximate surface area is 172 Å². The van der Waals surface area contributed by atoms with Crippen LogP contribution in [-0.4, -0.2) is 34.4 Å². The van der Waals surface area contributed by atoms with Crippen molar-refractivity contribution in [3.8, 4) is 0 Å². The van der Waals surface area contributed by atoms with Gasteiger partial charge in [0.2, 0.25) is 5.54 Å². The number of hydrogen-bond acceptors (Lipinski definition) is 4. The molecule has 1 fully saturated rings. The molecule has 2 aromatic rings. The van der Waals surface area contributed by atoms with Crippen LogP contribution in [0, 0.1) is 5.92 Å². The van der Waals surface area contributed by atoms with Gasteiger partial charge in [-0.25, -0.2) is 9.79 Å². The van der Waals surface area contributed by atoms with Gasteiger partial charge in [-0.15, -0.1) is 0 Å². The molecule has 144 valence electrons. The van der Waals surface area contributed by atoms with Crippen LogP contribution in [0.25, 0.3) is 10.9 Å². The first-order valence-electron chi connectivity index (χ1n) is 9.66. The molecule has 2 aliphatic heterocycles. The number of amidine groups is 1. The van der Waals surface area contributed by atoms with Crippen LogP contribution >= 0.6 is 15.9 Å². The van der Waals surface area contributed by atoms with E-state index >= 15 is 0 Å². The van der Waals surface area contributed by atoms with E-state index in [1.54, 1.807) is 0 Å². The summed E-state index contributed by atoms with van der Waals surface area (Å²) >= 11 is 3.83. The molecule has 1 saturated carbocycles. The Morgan fingerprint density at radius 3 is 2.82 bits per heavy atom. The smallest absolute Gasteiger partial charge is 0.342 e. The number of nitrogens with zero attached hydrogens (tertiary/aromatic N) is 3. The Hall–Kier alpha value is -2.34. The van der Waals surface area contributed by atoms with Gasteiger partial charge in [0.25, 0.3) is 0 Å². The van der Waals surface area contributed by atoms with Crippen molar-refractivity contribution >= 4 is 38.6 Å². The van der Waals surface area contributed by atoms with Crippen molar-refractivity contribution in [2.45, 2.75) is 37.9 Å². The minimum atomic E-state index is -1.13. The first-order valence-corrected chi connectivity index (χ1v) is 10.5. The van der Waals surface area contributed by atoms with Gasteiger partial charge in [-0.2, -0.15) is 0 Å². The molecule has 0 amide bonds. The summed E-state index contributed by atoms with van der Waals surface area (Å²) in [5.41, 5.74) is 0.891. The van der Waals surface area contributed by atoms with Gasteiger partial charge < -0.3 is 14.2 Å². The quantitative estimate of drug-likeness (QED) is 0.664. The summed E-state index contributed by atoms with van der Waals surface area (Å²) in [4.78, 5) is 20.4. The largest absolute Gasteiger partial charge is 0.467 e. The van der Waals surface area contributed by atoms with E-state index in [2.05, 4.69) is 37.5 Å². The molecule has 3 aliphatic rings. The maximum atomic E-state index is 13.3. The number of halogens is 1. The predicted octanol–water partition coefficient (Wildman–Crippen LogP) is 4.37. The highest BCUT2D eigenvalue weighted by Crippen LogP contribution is 2.47. The Kier molecular flexibility index (Phi) is 4.02. The number of rotatable bonds is 4. The molecule has 1 aliphatic carbocycles. The lowest BCUT2D eigenvalue weighted by Crippen LogP contribution is -2.48. The third-order valence-corrected chi connectivity index (χ3v) is 6.89. The Balaban J connectivity index is 1.82. The summed E-state index contributed by atoms with van der Waals surface area (Å²) in [5.74, 6) is 1.11. The zero-order chi connectivity index (χ0) is 19.5. The van der Waals surface area contributed by atoms with E-state index in [0.717, 1.165) is 33.4 Å². The van der Waals surface area contributed by atoms with Gasteiger partial charge in [0.05, 0.1) is 18.8 Å². The second-order valence-corrected chi connectivity index (χ2v) is 8.54. The molecule has 0 spiro atoms. The van der Waals surface area contributed by atoms with E-state index in [4.69, 9.17) is 9.73 Å². The number of esters is 1. The Bertz CT molecular complexity index is 1060. The van der Waals surface area contributed by atoms with E-state index in [1.165, 1.54) is 20.0 Å². The fraction of sp³-hybridized carbons (Fsp3) is 0.364. The van der Waals surface area contributed by atoms with Crippen LogP contribution in [0.15, 0.2) is 58.2 Å². The summed E-state index contributed by atoms with van der Waals surface area (Å²) in [7, 11) is 1.45. The normalized spacial score (nSPS) is 25.9. The van der Waals surface area contributed by atoms with E-state index < -0.39 is 5.54 Å². The number of methoxy groups -OCH3 is 1. The van der Waals surface area contributed by atoms with Crippen molar-refractivity contribution in [3.63, 3.8) is 0 Å². The number of carbonyl (C=O) groups is 1. The monoisotopic (exact) mass is 439 g/mol. The molecule has 1 aromatic heterocycles. The minimum absolute atomic E-state index is 0.199. The van der Waals surface area contributed by atoms with Crippen molar-refractivity contribution in [1.29, 1.82) is 0 Å². The maximum Gasteiger partial charge on any atom is 0.342 e. The van der Waals surface area contributed by atoms with Crippen LogP contribution in [0.2, 0.25) is 0 Å². The Morgan fingerprint density at radius 1 is 1.32 bits per heavy atom. The summed E-state index contributed by atoms with van der Waals surface area (Å²) < 4.78 is 8.56. The zero-order valence-corrected chi connectivity index (χ0v) is 17.5. The number of ether oxygens (including phenoxy) is 1. The van der Waals surface area contributed by atoms with Gasteiger partial charge in [0.15, 0.2) is 0 Å². The van der Waals surface area contributed by atoms with Crippen LogP contribution in [0.4, 0.5) is 0 Å². The molecule has 0 N–H and O–H groups in total. The molecule has 5 rings (SSSR count). The lowest BCUT2D eigenvalue weighted by atomic mass is 9.88. The molecular formula is C22H22BrN3O2. The molecule has 5 nitrogen and oxygen atoms in total. The second kappa shape index (κ2) is 6.34. The third-order valence-electron chi connectivity index (χ3n) is 6.08. The molecule has 28 heavy (non-hydrogen) atoms. The number of aromatic nitrogens is 1. The maximum absolute atomic E-state index is 13.3. The van der Waals surface area contributed by atoms with Crippen molar-refractivity contribution < 1.29 is 9.53 Å². The lowest BCUT2D eigenvalue weighted by molar-refractivity contribution is -0.148. The highest BCUT2D eigenvalue weighted by molar-refractivity contribution is 9.10. The summed E-state index contributed by atoms with van der Waals surface area (Å²) in [6.07, 6.45) is 10.3. The van der Waals surface area contributed by atoms with E-state index in [1.807, 2.05) is 43.5 Å². The molecule has 0 bridgehead atoms. The number of allylic oxidation sites excluding steroid dienone is 2. The van der Waals surface area contributed by atoms with E-state index in [9.17, 15) is 4.79 Å². The van der Waals surface area contributed by atoms with Crippen LogP contribution in [0.3, 0.4) is 0 Å². The van der Waals surface area contributed by atoms with Gasteiger partial charge in [0.1, 0.15) is 5.84 Å². The molecule has 6 heteroatoms. The molecule has 0 saturated heterocycles. The zero-order valence-electron chi connectivity index (χ0n) is 15.9. The summed E-state index contributed by atoms with van der Waals surface area (Å²) in [5, 5.41) is 1.10. The molecule has 1 aromatic carbocycles. The van der Waals surface area contributed by atoms with Crippen LogP contribution in [0.5, 0.6) is 0 Å². The summed E-state index contributed by atoms with van der Waals surface area (Å²) in [6, 6.07) is 8.09. The van der Waals surface area contributed by atoms with Gasteiger partial charge in [-0.05, 0) is 59.8 Å². The molecule has 3 heterocycles. The van der Waals surface area contributed by atoms with E-state index in [0.29, 0.717) is 5.92 Å². The van der Waals surface area contributed by atoms with Crippen molar-refractivity contribution in [1.82, 2.24) is 9.47 Å². The number of para-hydroxylation sites is 1. The van der Waals surface area contributed by atoms with Crippen molar-refractivity contribution in [2.75, 3.05) is 7.11 Å². The third kappa shape index (κ3) is 2.37. The van der Waals surface area contributed by atoms with Gasteiger partial charge in [0, 0.05) is 28.1 Å². The van der Waals surface area contributed by atoms with E-state index in [-0.39, 0.29) is 12.0 Å². The standard InChI is InChI=1S/C22H22BrN3O2/c1-14-22(21(27)28-2,24-18-9-5-6-12-25(14)18)20-19(23)16-7-3-4-8-17(16)26(20)13-15-10-11-15/h3-9,12,14-15H,10-11,13H2,1-2H3. The highest BCUT2D eigenvalue weighted by atomic mass is 79.9. The predicted molar refractivity (Wildman–Crippen MR) is 113 cm³/mol. The van der Waals surface area contributed by atoms with Gasteiger partial charge in [-0.3, -0.25) is 0 Å². The molecule has 0 radical (unpaired) electrons. The average Bonchev–Trinajstić information content (AvgIpc) is 3.44. The summed E-state index contributed by atoms with van der Waals surface area (Å²) in [6.45, 7) is 2.94. The molecule has 2 unspecified atom stereocenters. The molecule has 2 atom stereocenters. The molecular weight excluding hydrogens is 418 g/mol. The number of benzene rings is 1. The topological polar surface area (TPSA) is 46.8 Å². The highest BCUT2D eigenvalue weighted by Gasteiger charge is 2.56. The number of hydrogen-bond donors (Lipinski definition) is 0. The fourth-order valence-corrected chi connectivity index (χ4v) is 5.30. The van der Waals surface area contributed by atoms with Crippen LogP contribution in [-0.2, 0) is 21.6 Å². The SMILES string of the molecule is COC(=O)C1(c2c(Br)c3ccccc3n2CC2CC2)N=C2C=CC=CN2C1C. The first-order chi connectivity index (χ1) is 13.6. The van der Waals surface area contributed by atoms with Crippen LogP contribution < -0.4 is 0 Å². The minimum Gasteiger partial charge on any atom is -0.467 e. The van der Waals surface area contributed by atoms with Crippen molar-refractivity contribution in [3.05, 3.63) is 58.9 Å². The van der Waals surface area contributed by atoms with Crippen molar-refractivity contribution in [2.24, 2.45) is 10.9 Å². The average molecular weight is 440 g/mol. The number of aliphatic imine (C=N–C) groups is 1. The number of fused-ring (bicyclic) bond motifs is 2. The lowest BCUT2D eigenvalue weighted by Gasteiger charge is -2.33. The second-order valence-electron chi connectivity index (χ2n) is 7.75. The van der Waals surface area contributed by atoms with Gasteiger partial charge >= 0.3 is 5.97 Å². The number of carbonyl (C=O) groups excluding carboxylic acids is 1.